The molecule has 0 amide bonds. The second kappa shape index (κ2) is 4.16. The SMILES string of the molecule is COC(=O)C1(NP)CCC(=O)CC1. The Morgan fingerprint density at radius 1 is 1.54 bits per heavy atom. The molecule has 1 aliphatic rings. The molecule has 0 saturated heterocycles. The molecule has 1 atom stereocenters. The van der Waals surface area contributed by atoms with E-state index in [4.69, 9.17) is 4.74 Å². The Bertz CT molecular complexity index is 219. The van der Waals surface area contributed by atoms with Crippen LogP contribution in [0.4, 0.5) is 0 Å². The third kappa shape index (κ3) is 2.06. The minimum Gasteiger partial charge on any atom is -0.468 e. The molecular formula is C8H14NO3P. The summed E-state index contributed by atoms with van der Waals surface area (Å²) < 4.78 is 4.69. The molecule has 1 fully saturated rings. The highest BCUT2D eigenvalue weighted by Crippen LogP contribution is 2.28. The summed E-state index contributed by atoms with van der Waals surface area (Å²) >= 11 is 0. The lowest BCUT2D eigenvalue weighted by atomic mass is 9.82. The van der Waals surface area contributed by atoms with Crippen LogP contribution in [0.3, 0.4) is 0 Å². The van der Waals surface area contributed by atoms with Gasteiger partial charge in [0.15, 0.2) is 0 Å². The molecule has 1 rings (SSSR count). The van der Waals surface area contributed by atoms with E-state index >= 15 is 0 Å². The van der Waals surface area contributed by atoms with Crippen molar-refractivity contribution in [2.75, 3.05) is 7.11 Å². The Hall–Kier alpha value is -0.470. The molecule has 1 unspecified atom stereocenters. The zero-order valence-electron chi connectivity index (χ0n) is 7.63. The van der Waals surface area contributed by atoms with E-state index in [0.717, 1.165) is 0 Å². The van der Waals surface area contributed by atoms with Crippen LogP contribution in [0.25, 0.3) is 0 Å². The summed E-state index contributed by atoms with van der Waals surface area (Å²) in [6, 6.07) is 0. The minimum absolute atomic E-state index is 0.222. The fraction of sp³-hybridized carbons (Fsp3) is 0.750. The summed E-state index contributed by atoms with van der Waals surface area (Å²) in [6.07, 6.45) is 1.97. The van der Waals surface area contributed by atoms with E-state index in [2.05, 4.69) is 14.5 Å². The molecule has 0 aromatic rings. The first-order valence-electron chi connectivity index (χ1n) is 4.22. The molecule has 0 spiro atoms. The zero-order valence-corrected chi connectivity index (χ0v) is 8.79. The van der Waals surface area contributed by atoms with Gasteiger partial charge in [-0.3, -0.25) is 14.7 Å². The van der Waals surface area contributed by atoms with Crippen LogP contribution in [0.15, 0.2) is 0 Å². The average Bonchev–Trinajstić information content (AvgIpc) is 2.18. The van der Waals surface area contributed by atoms with Crippen LogP contribution in [0.1, 0.15) is 25.7 Å². The molecule has 0 radical (unpaired) electrons. The van der Waals surface area contributed by atoms with Gasteiger partial charge in [0.25, 0.3) is 0 Å². The topological polar surface area (TPSA) is 55.4 Å². The molecule has 1 N–H and O–H groups in total. The maximum absolute atomic E-state index is 11.4. The lowest BCUT2D eigenvalue weighted by molar-refractivity contribution is -0.149. The van der Waals surface area contributed by atoms with E-state index < -0.39 is 5.54 Å². The van der Waals surface area contributed by atoms with Crippen molar-refractivity contribution in [1.29, 1.82) is 0 Å². The lowest BCUT2D eigenvalue weighted by Gasteiger charge is -2.33. The van der Waals surface area contributed by atoms with E-state index in [0.29, 0.717) is 25.7 Å². The molecule has 0 aromatic carbocycles. The van der Waals surface area contributed by atoms with Crippen molar-refractivity contribution in [3.8, 4) is 0 Å². The molecule has 5 heteroatoms. The van der Waals surface area contributed by atoms with Gasteiger partial charge < -0.3 is 4.74 Å². The molecule has 1 saturated carbocycles. The van der Waals surface area contributed by atoms with Gasteiger partial charge in [-0.15, -0.1) is 0 Å². The first-order chi connectivity index (χ1) is 6.14. The lowest BCUT2D eigenvalue weighted by Crippen LogP contribution is -2.51. The van der Waals surface area contributed by atoms with Crippen LogP contribution in [0, 0.1) is 0 Å². The van der Waals surface area contributed by atoms with Crippen LogP contribution in [-0.2, 0) is 14.3 Å². The molecule has 13 heavy (non-hydrogen) atoms. The van der Waals surface area contributed by atoms with Gasteiger partial charge in [-0.2, -0.15) is 0 Å². The predicted molar refractivity (Wildman–Crippen MR) is 51.1 cm³/mol. The Kier molecular flexibility index (Phi) is 3.40. The molecule has 74 valence electrons. The number of ketones is 1. The van der Waals surface area contributed by atoms with Crippen molar-refractivity contribution in [1.82, 2.24) is 5.09 Å². The smallest absolute Gasteiger partial charge is 0.326 e. The van der Waals surface area contributed by atoms with Crippen molar-refractivity contribution in [3.05, 3.63) is 0 Å². The summed E-state index contributed by atoms with van der Waals surface area (Å²) in [5.41, 5.74) is -0.659. The highest BCUT2D eigenvalue weighted by Gasteiger charge is 2.41. The second-order valence-electron chi connectivity index (χ2n) is 3.26. The van der Waals surface area contributed by atoms with Crippen LogP contribution in [-0.4, -0.2) is 24.4 Å². The number of Topliss-reactive ketones (excluding diaryl/α,β-unsaturated/α-hetero) is 1. The van der Waals surface area contributed by atoms with Gasteiger partial charge in [-0.1, -0.05) is 9.39 Å². The monoisotopic (exact) mass is 203 g/mol. The second-order valence-corrected chi connectivity index (χ2v) is 3.55. The van der Waals surface area contributed by atoms with Crippen LogP contribution in [0.2, 0.25) is 0 Å². The van der Waals surface area contributed by atoms with Gasteiger partial charge in [-0.25, -0.2) is 0 Å². The highest BCUT2D eigenvalue weighted by atomic mass is 31.0. The summed E-state index contributed by atoms with van der Waals surface area (Å²) in [4.78, 5) is 22.4. The van der Waals surface area contributed by atoms with E-state index in [9.17, 15) is 9.59 Å². The molecular weight excluding hydrogens is 189 g/mol. The van der Waals surface area contributed by atoms with Crippen LogP contribution in [0.5, 0.6) is 0 Å². The number of esters is 1. The molecule has 0 aromatic heterocycles. The largest absolute Gasteiger partial charge is 0.468 e. The number of rotatable bonds is 2. The molecule has 0 bridgehead atoms. The van der Waals surface area contributed by atoms with Gasteiger partial charge in [0.2, 0.25) is 0 Å². The third-order valence-corrected chi connectivity index (χ3v) is 3.07. The van der Waals surface area contributed by atoms with Crippen molar-refractivity contribution >= 4 is 21.1 Å². The van der Waals surface area contributed by atoms with Crippen LogP contribution >= 0.6 is 9.39 Å². The molecule has 4 nitrogen and oxygen atoms in total. The fourth-order valence-electron chi connectivity index (χ4n) is 1.56. The Morgan fingerprint density at radius 3 is 2.46 bits per heavy atom. The van der Waals surface area contributed by atoms with E-state index in [1.807, 2.05) is 0 Å². The van der Waals surface area contributed by atoms with Gasteiger partial charge in [0.1, 0.15) is 11.3 Å². The standard InChI is InChI=1S/C8H14NO3P/c1-12-7(11)8(9-13)4-2-6(10)3-5-8/h9H,2-5,13H2,1H3. The molecule has 1 aliphatic carbocycles. The third-order valence-electron chi connectivity index (χ3n) is 2.51. The van der Waals surface area contributed by atoms with E-state index in [-0.39, 0.29) is 11.8 Å². The van der Waals surface area contributed by atoms with Crippen molar-refractivity contribution < 1.29 is 14.3 Å². The van der Waals surface area contributed by atoms with E-state index in [1.165, 1.54) is 7.11 Å². The van der Waals surface area contributed by atoms with E-state index in [1.54, 1.807) is 0 Å². The van der Waals surface area contributed by atoms with Crippen molar-refractivity contribution in [2.45, 2.75) is 31.2 Å². The Labute approximate surface area is 79.7 Å². The van der Waals surface area contributed by atoms with Crippen molar-refractivity contribution in [2.24, 2.45) is 0 Å². The number of carbonyl (C=O) groups is 2. The first-order valence-corrected chi connectivity index (χ1v) is 4.80. The molecule has 0 aliphatic heterocycles. The van der Waals surface area contributed by atoms with Gasteiger partial charge in [-0.05, 0) is 12.8 Å². The quantitative estimate of drug-likeness (QED) is 0.522. The number of carbonyl (C=O) groups excluding carboxylic acids is 2. The normalized spacial score (nSPS) is 21.2. The van der Waals surface area contributed by atoms with Gasteiger partial charge >= 0.3 is 5.97 Å². The number of hydrogen-bond donors (Lipinski definition) is 1. The predicted octanol–water partition coefficient (Wildman–Crippen LogP) is 0.421. The average molecular weight is 203 g/mol. The van der Waals surface area contributed by atoms with Crippen molar-refractivity contribution in [3.63, 3.8) is 0 Å². The van der Waals surface area contributed by atoms with Crippen LogP contribution < -0.4 is 5.09 Å². The number of methoxy groups -OCH3 is 1. The molecule has 0 heterocycles. The van der Waals surface area contributed by atoms with Gasteiger partial charge in [0, 0.05) is 12.8 Å². The maximum Gasteiger partial charge on any atom is 0.326 e. The van der Waals surface area contributed by atoms with Gasteiger partial charge in [0.05, 0.1) is 7.11 Å². The first kappa shape index (κ1) is 10.6. The number of nitrogens with one attached hydrogen (secondary N) is 1. The summed E-state index contributed by atoms with van der Waals surface area (Å²) in [5.74, 6) is -0.0604. The number of ether oxygens (including phenoxy) is 1. The summed E-state index contributed by atoms with van der Waals surface area (Å²) in [6.45, 7) is 0. The maximum atomic E-state index is 11.4. The summed E-state index contributed by atoms with van der Waals surface area (Å²) in [7, 11) is 3.69. The highest BCUT2D eigenvalue weighted by molar-refractivity contribution is 7.13. The fourth-order valence-corrected chi connectivity index (χ4v) is 1.96. The Balaban J connectivity index is 2.71. The Morgan fingerprint density at radius 2 is 2.08 bits per heavy atom. The number of hydrogen-bond acceptors (Lipinski definition) is 4. The zero-order chi connectivity index (χ0) is 9.90. The summed E-state index contributed by atoms with van der Waals surface area (Å²) in [5, 5.41) is 2.88. The minimum atomic E-state index is -0.659.